The molecule has 1 unspecified atom stereocenters. The fourth-order valence-corrected chi connectivity index (χ4v) is 2.68. The number of guanidine groups is 1. The van der Waals surface area contributed by atoms with Gasteiger partial charge in [-0.25, -0.2) is 0 Å². The van der Waals surface area contributed by atoms with Crippen LogP contribution in [0.2, 0.25) is 0 Å². The molecule has 0 saturated carbocycles. The average Bonchev–Trinajstić information content (AvgIpc) is 2.57. The zero-order chi connectivity index (χ0) is 17.3. The molecule has 0 aromatic rings. The number of ether oxygens (including phenoxy) is 1. The van der Waals surface area contributed by atoms with Crippen molar-refractivity contribution >= 4 is 29.9 Å². The predicted molar refractivity (Wildman–Crippen MR) is 114 cm³/mol. The first-order chi connectivity index (χ1) is 10.9. The summed E-state index contributed by atoms with van der Waals surface area (Å²) in [5.41, 5.74) is 0.0922. The van der Waals surface area contributed by atoms with Gasteiger partial charge in [-0.15, -0.1) is 24.0 Å². The largest absolute Gasteiger partial charge is 0.379 e. The highest BCUT2D eigenvalue weighted by atomic mass is 127. The van der Waals surface area contributed by atoms with Crippen LogP contribution in [0.1, 0.15) is 34.1 Å². The second-order valence-electron chi connectivity index (χ2n) is 7.00. The van der Waals surface area contributed by atoms with Crippen molar-refractivity contribution in [2.24, 2.45) is 4.99 Å². The van der Waals surface area contributed by atoms with Crippen molar-refractivity contribution in [3.05, 3.63) is 0 Å². The van der Waals surface area contributed by atoms with Gasteiger partial charge in [0.25, 0.3) is 0 Å². The molecule has 144 valence electrons. The Hall–Kier alpha value is -0.120. The van der Waals surface area contributed by atoms with E-state index in [-0.39, 0.29) is 29.5 Å². The molecule has 0 bridgehead atoms. The standard InChI is InChI=1S/C17H37N5O.HI/c1-7-15(2)21(6)9-8-19-16(18-5)20-14-17(3,4)22-10-12-23-13-11-22;/h15H,7-14H2,1-6H3,(H2,18,19,20);1H. The van der Waals surface area contributed by atoms with E-state index >= 15 is 0 Å². The Kier molecular flexibility index (Phi) is 12.2. The molecule has 0 aliphatic carbocycles. The number of likely N-dealkylation sites (N-methyl/N-ethyl adjacent to an activating group) is 1. The molecular weight excluding hydrogens is 417 g/mol. The number of aliphatic imine (C=N–C) groups is 1. The van der Waals surface area contributed by atoms with Gasteiger partial charge < -0.3 is 20.3 Å². The molecule has 7 heteroatoms. The monoisotopic (exact) mass is 455 g/mol. The van der Waals surface area contributed by atoms with Crippen LogP contribution in [0.3, 0.4) is 0 Å². The van der Waals surface area contributed by atoms with Gasteiger partial charge in [0.2, 0.25) is 0 Å². The van der Waals surface area contributed by atoms with Gasteiger partial charge in [-0.05, 0) is 34.2 Å². The van der Waals surface area contributed by atoms with E-state index in [0.717, 1.165) is 51.9 Å². The second kappa shape index (κ2) is 12.3. The maximum absolute atomic E-state index is 5.44. The highest BCUT2D eigenvalue weighted by molar-refractivity contribution is 14.0. The van der Waals surface area contributed by atoms with Gasteiger partial charge >= 0.3 is 0 Å². The van der Waals surface area contributed by atoms with Crippen molar-refractivity contribution in [2.75, 3.05) is 60.0 Å². The summed E-state index contributed by atoms with van der Waals surface area (Å²) in [5.74, 6) is 0.879. The van der Waals surface area contributed by atoms with Crippen LogP contribution >= 0.6 is 24.0 Å². The number of rotatable bonds is 8. The lowest BCUT2D eigenvalue weighted by Gasteiger charge is -2.41. The highest BCUT2D eigenvalue weighted by Gasteiger charge is 2.28. The third-order valence-electron chi connectivity index (χ3n) is 4.88. The summed E-state index contributed by atoms with van der Waals surface area (Å²) in [5, 5.41) is 6.87. The Balaban J connectivity index is 0.00000529. The smallest absolute Gasteiger partial charge is 0.191 e. The van der Waals surface area contributed by atoms with E-state index in [4.69, 9.17) is 4.74 Å². The highest BCUT2D eigenvalue weighted by Crippen LogP contribution is 2.14. The molecule has 0 radical (unpaired) electrons. The van der Waals surface area contributed by atoms with Gasteiger partial charge in [-0.1, -0.05) is 6.92 Å². The molecule has 0 aromatic carbocycles. The van der Waals surface area contributed by atoms with Crippen LogP contribution in [-0.2, 0) is 4.74 Å². The zero-order valence-corrected chi connectivity index (χ0v) is 18.7. The normalized spacial score (nSPS) is 18.2. The van der Waals surface area contributed by atoms with E-state index in [9.17, 15) is 0 Å². The molecule has 24 heavy (non-hydrogen) atoms. The van der Waals surface area contributed by atoms with E-state index in [2.05, 4.69) is 60.2 Å². The number of nitrogens with one attached hydrogen (secondary N) is 2. The van der Waals surface area contributed by atoms with E-state index in [1.807, 2.05) is 7.05 Å². The fraction of sp³-hybridized carbons (Fsp3) is 0.941. The number of morpholine rings is 1. The van der Waals surface area contributed by atoms with Gasteiger partial charge in [-0.3, -0.25) is 9.89 Å². The molecule has 1 heterocycles. The van der Waals surface area contributed by atoms with Crippen LogP contribution < -0.4 is 10.6 Å². The molecule has 1 fully saturated rings. The maximum Gasteiger partial charge on any atom is 0.191 e. The molecule has 0 spiro atoms. The van der Waals surface area contributed by atoms with Crippen molar-refractivity contribution in [2.45, 2.75) is 45.7 Å². The van der Waals surface area contributed by atoms with E-state index in [1.54, 1.807) is 0 Å². The Morgan fingerprint density at radius 2 is 1.92 bits per heavy atom. The van der Waals surface area contributed by atoms with Crippen molar-refractivity contribution in [1.29, 1.82) is 0 Å². The first kappa shape index (κ1) is 23.9. The Morgan fingerprint density at radius 3 is 2.46 bits per heavy atom. The Labute approximate surface area is 165 Å². The summed E-state index contributed by atoms with van der Waals surface area (Å²) in [6, 6.07) is 0.618. The molecule has 6 nitrogen and oxygen atoms in total. The number of hydrogen-bond donors (Lipinski definition) is 2. The summed E-state index contributed by atoms with van der Waals surface area (Å²) in [4.78, 5) is 9.18. The van der Waals surface area contributed by atoms with Crippen LogP contribution in [-0.4, -0.2) is 87.4 Å². The number of hydrogen-bond acceptors (Lipinski definition) is 4. The minimum Gasteiger partial charge on any atom is -0.379 e. The zero-order valence-electron chi connectivity index (χ0n) is 16.4. The predicted octanol–water partition coefficient (Wildman–Crippen LogP) is 1.61. The minimum absolute atomic E-state index is 0. The van der Waals surface area contributed by atoms with Crippen LogP contribution in [0.25, 0.3) is 0 Å². The van der Waals surface area contributed by atoms with Gasteiger partial charge in [0.15, 0.2) is 5.96 Å². The molecule has 2 N–H and O–H groups in total. The third-order valence-corrected chi connectivity index (χ3v) is 4.88. The second-order valence-corrected chi connectivity index (χ2v) is 7.00. The number of nitrogens with zero attached hydrogens (tertiary/aromatic N) is 3. The Bertz CT molecular complexity index is 359. The van der Waals surface area contributed by atoms with E-state index in [0.29, 0.717) is 6.04 Å². The lowest BCUT2D eigenvalue weighted by molar-refractivity contribution is -0.00834. The minimum atomic E-state index is 0. The van der Waals surface area contributed by atoms with Gasteiger partial charge in [0.1, 0.15) is 0 Å². The SMILES string of the molecule is CCC(C)N(C)CCNC(=NC)NCC(C)(C)N1CCOCC1.I. The molecule has 1 aliphatic heterocycles. The summed E-state index contributed by atoms with van der Waals surface area (Å²) in [6.07, 6.45) is 1.18. The molecular formula is C17H38IN5O. The summed E-state index contributed by atoms with van der Waals surface area (Å²) in [6.45, 7) is 15.5. The van der Waals surface area contributed by atoms with Crippen molar-refractivity contribution in [3.8, 4) is 0 Å². The third kappa shape index (κ3) is 8.31. The first-order valence-corrected chi connectivity index (χ1v) is 8.88. The lowest BCUT2D eigenvalue weighted by Crippen LogP contribution is -2.56. The lowest BCUT2D eigenvalue weighted by atomic mass is 10.0. The molecule has 1 aliphatic rings. The fourth-order valence-electron chi connectivity index (χ4n) is 2.68. The quantitative estimate of drug-likeness (QED) is 0.331. The molecule has 1 atom stereocenters. The topological polar surface area (TPSA) is 52.1 Å². The van der Waals surface area contributed by atoms with Crippen LogP contribution in [0.5, 0.6) is 0 Å². The van der Waals surface area contributed by atoms with Gasteiger partial charge in [-0.2, -0.15) is 0 Å². The maximum atomic E-state index is 5.44. The average molecular weight is 455 g/mol. The van der Waals surface area contributed by atoms with Crippen molar-refractivity contribution in [3.63, 3.8) is 0 Å². The summed E-state index contributed by atoms with van der Waals surface area (Å²) >= 11 is 0. The molecule has 1 saturated heterocycles. The molecule has 0 aromatic heterocycles. The Morgan fingerprint density at radius 1 is 1.29 bits per heavy atom. The van der Waals surface area contributed by atoms with Crippen LogP contribution in [0.4, 0.5) is 0 Å². The first-order valence-electron chi connectivity index (χ1n) is 8.88. The van der Waals surface area contributed by atoms with Crippen LogP contribution in [0, 0.1) is 0 Å². The van der Waals surface area contributed by atoms with E-state index < -0.39 is 0 Å². The van der Waals surface area contributed by atoms with Gasteiger partial charge in [0, 0.05) is 51.4 Å². The van der Waals surface area contributed by atoms with Gasteiger partial charge in [0.05, 0.1) is 13.2 Å². The summed E-state index contributed by atoms with van der Waals surface area (Å²) < 4.78 is 5.44. The number of halogens is 1. The van der Waals surface area contributed by atoms with Crippen LogP contribution in [0.15, 0.2) is 4.99 Å². The van der Waals surface area contributed by atoms with Crippen molar-refractivity contribution in [1.82, 2.24) is 20.4 Å². The van der Waals surface area contributed by atoms with Crippen molar-refractivity contribution < 1.29 is 4.74 Å². The molecule has 0 amide bonds. The summed E-state index contributed by atoms with van der Waals surface area (Å²) in [7, 11) is 4.00. The van der Waals surface area contributed by atoms with E-state index in [1.165, 1.54) is 6.42 Å². The molecule has 1 rings (SSSR count).